The first-order chi connectivity index (χ1) is 9.22. The standard InChI is InChI=1S/C16H23N3/c1-11-6-12(2)8-14(7-11)18-9-13-10-19-16-15(13)4-3-5-17-16/h3-5,10-12,14,18H,6-9H2,1-2H3,(H,17,19). The van der Waals surface area contributed by atoms with Gasteiger partial charge in [-0.1, -0.05) is 13.8 Å². The molecule has 0 radical (unpaired) electrons. The lowest BCUT2D eigenvalue weighted by Gasteiger charge is -2.32. The van der Waals surface area contributed by atoms with Crippen molar-refractivity contribution in [2.75, 3.05) is 0 Å². The number of hydrogen-bond acceptors (Lipinski definition) is 2. The molecule has 2 atom stereocenters. The van der Waals surface area contributed by atoms with Crippen LogP contribution in [0.5, 0.6) is 0 Å². The molecular weight excluding hydrogens is 234 g/mol. The molecular formula is C16H23N3. The Morgan fingerprint density at radius 2 is 2.05 bits per heavy atom. The molecule has 0 saturated heterocycles. The zero-order valence-corrected chi connectivity index (χ0v) is 11.8. The van der Waals surface area contributed by atoms with Gasteiger partial charge in [-0.05, 0) is 48.8 Å². The molecule has 2 unspecified atom stereocenters. The van der Waals surface area contributed by atoms with Gasteiger partial charge in [0.1, 0.15) is 5.65 Å². The van der Waals surface area contributed by atoms with Crippen molar-refractivity contribution in [3.05, 3.63) is 30.1 Å². The van der Waals surface area contributed by atoms with Crippen LogP contribution in [0.3, 0.4) is 0 Å². The average Bonchev–Trinajstić information content (AvgIpc) is 2.78. The van der Waals surface area contributed by atoms with Crippen LogP contribution in [0.25, 0.3) is 11.0 Å². The Balaban J connectivity index is 1.66. The van der Waals surface area contributed by atoms with Crippen LogP contribution in [-0.2, 0) is 6.54 Å². The minimum absolute atomic E-state index is 0.667. The van der Waals surface area contributed by atoms with E-state index in [9.17, 15) is 0 Å². The first-order valence-corrected chi connectivity index (χ1v) is 7.36. The molecule has 19 heavy (non-hydrogen) atoms. The van der Waals surface area contributed by atoms with Crippen LogP contribution in [0.2, 0.25) is 0 Å². The summed E-state index contributed by atoms with van der Waals surface area (Å²) >= 11 is 0. The lowest BCUT2D eigenvalue weighted by atomic mass is 9.80. The first kappa shape index (κ1) is 12.7. The van der Waals surface area contributed by atoms with Crippen LogP contribution < -0.4 is 5.32 Å². The molecule has 0 spiro atoms. The van der Waals surface area contributed by atoms with E-state index in [-0.39, 0.29) is 0 Å². The molecule has 3 heteroatoms. The first-order valence-electron chi connectivity index (χ1n) is 7.36. The summed E-state index contributed by atoms with van der Waals surface area (Å²) in [5.41, 5.74) is 2.32. The third-order valence-electron chi connectivity index (χ3n) is 4.30. The molecule has 0 aliphatic heterocycles. The quantitative estimate of drug-likeness (QED) is 0.884. The third-order valence-corrected chi connectivity index (χ3v) is 4.30. The fraction of sp³-hybridized carbons (Fsp3) is 0.562. The molecule has 1 aliphatic rings. The summed E-state index contributed by atoms with van der Waals surface area (Å²) in [6.45, 7) is 5.69. The predicted octanol–water partition coefficient (Wildman–Crippen LogP) is 3.48. The predicted molar refractivity (Wildman–Crippen MR) is 78.9 cm³/mol. The largest absolute Gasteiger partial charge is 0.346 e. The molecule has 2 aromatic heterocycles. The number of rotatable bonds is 3. The summed E-state index contributed by atoms with van der Waals surface area (Å²) in [5.74, 6) is 1.71. The number of nitrogens with one attached hydrogen (secondary N) is 2. The van der Waals surface area contributed by atoms with Crippen LogP contribution in [0.4, 0.5) is 0 Å². The summed E-state index contributed by atoms with van der Waals surface area (Å²) in [7, 11) is 0. The molecule has 3 nitrogen and oxygen atoms in total. The van der Waals surface area contributed by atoms with Crippen LogP contribution in [0.1, 0.15) is 38.7 Å². The van der Waals surface area contributed by atoms with E-state index in [0.29, 0.717) is 6.04 Å². The van der Waals surface area contributed by atoms with Crippen molar-refractivity contribution in [3.63, 3.8) is 0 Å². The Morgan fingerprint density at radius 1 is 1.26 bits per heavy atom. The van der Waals surface area contributed by atoms with E-state index < -0.39 is 0 Å². The summed E-state index contributed by atoms with van der Waals surface area (Å²) in [6, 6.07) is 4.81. The van der Waals surface area contributed by atoms with Gasteiger partial charge in [0.25, 0.3) is 0 Å². The average molecular weight is 257 g/mol. The van der Waals surface area contributed by atoms with Crippen LogP contribution >= 0.6 is 0 Å². The van der Waals surface area contributed by atoms with Gasteiger partial charge in [-0.25, -0.2) is 4.98 Å². The lowest BCUT2D eigenvalue weighted by Crippen LogP contribution is -2.35. The summed E-state index contributed by atoms with van der Waals surface area (Å²) < 4.78 is 0. The highest BCUT2D eigenvalue weighted by molar-refractivity contribution is 5.79. The van der Waals surface area contributed by atoms with E-state index in [2.05, 4.69) is 41.4 Å². The van der Waals surface area contributed by atoms with Gasteiger partial charge < -0.3 is 10.3 Å². The van der Waals surface area contributed by atoms with Crippen molar-refractivity contribution in [1.82, 2.24) is 15.3 Å². The molecule has 2 heterocycles. The van der Waals surface area contributed by atoms with Crippen molar-refractivity contribution < 1.29 is 0 Å². The third kappa shape index (κ3) is 2.81. The second-order valence-electron chi connectivity index (χ2n) is 6.21. The Labute approximate surface area is 114 Å². The molecule has 0 bridgehead atoms. The summed E-state index contributed by atoms with van der Waals surface area (Å²) in [4.78, 5) is 7.58. The maximum atomic E-state index is 4.34. The van der Waals surface area contributed by atoms with Crippen molar-refractivity contribution in [1.29, 1.82) is 0 Å². The van der Waals surface area contributed by atoms with E-state index in [4.69, 9.17) is 0 Å². The molecule has 2 aromatic rings. The topological polar surface area (TPSA) is 40.7 Å². The highest BCUT2D eigenvalue weighted by Gasteiger charge is 2.23. The SMILES string of the molecule is CC1CC(C)CC(NCc2c[nH]c3ncccc23)C1. The van der Waals surface area contributed by atoms with Gasteiger partial charge in [-0.2, -0.15) is 0 Å². The Hall–Kier alpha value is -1.35. The molecule has 2 N–H and O–H groups in total. The van der Waals surface area contributed by atoms with Gasteiger partial charge in [0, 0.05) is 30.4 Å². The second-order valence-corrected chi connectivity index (χ2v) is 6.21. The number of hydrogen-bond donors (Lipinski definition) is 2. The van der Waals surface area contributed by atoms with Crippen LogP contribution in [0, 0.1) is 11.8 Å². The Bertz CT molecular complexity index is 536. The van der Waals surface area contributed by atoms with E-state index >= 15 is 0 Å². The number of aromatic amines is 1. The van der Waals surface area contributed by atoms with Gasteiger partial charge in [-0.15, -0.1) is 0 Å². The number of fused-ring (bicyclic) bond motifs is 1. The molecule has 102 valence electrons. The van der Waals surface area contributed by atoms with E-state index in [1.165, 1.54) is 30.2 Å². The molecule has 0 aromatic carbocycles. The molecule has 1 saturated carbocycles. The fourth-order valence-corrected chi connectivity index (χ4v) is 3.53. The molecule has 3 rings (SSSR count). The van der Waals surface area contributed by atoms with Crippen molar-refractivity contribution in [2.24, 2.45) is 11.8 Å². The van der Waals surface area contributed by atoms with Gasteiger partial charge in [0.2, 0.25) is 0 Å². The highest BCUT2D eigenvalue weighted by atomic mass is 14.9. The van der Waals surface area contributed by atoms with Gasteiger partial charge in [0.05, 0.1) is 0 Å². The van der Waals surface area contributed by atoms with E-state index in [1.54, 1.807) is 0 Å². The molecule has 1 aliphatic carbocycles. The highest BCUT2D eigenvalue weighted by Crippen LogP contribution is 2.28. The molecule has 1 fully saturated rings. The number of aromatic nitrogens is 2. The van der Waals surface area contributed by atoms with E-state index in [1.807, 2.05) is 12.3 Å². The lowest BCUT2D eigenvalue weighted by molar-refractivity contribution is 0.238. The Morgan fingerprint density at radius 3 is 2.84 bits per heavy atom. The van der Waals surface area contributed by atoms with Crippen molar-refractivity contribution >= 4 is 11.0 Å². The monoisotopic (exact) mass is 257 g/mol. The molecule has 0 amide bonds. The zero-order valence-electron chi connectivity index (χ0n) is 11.8. The summed E-state index contributed by atoms with van der Waals surface area (Å²) in [6.07, 6.45) is 7.92. The minimum Gasteiger partial charge on any atom is -0.346 e. The maximum absolute atomic E-state index is 4.34. The summed E-state index contributed by atoms with van der Waals surface area (Å²) in [5, 5.41) is 4.97. The normalized spacial score (nSPS) is 27.8. The zero-order chi connectivity index (χ0) is 13.2. The van der Waals surface area contributed by atoms with Crippen molar-refractivity contribution in [2.45, 2.75) is 45.7 Å². The van der Waals surface area contributed by atoms with Gasteiger partial charge >= 0.3 is 0 Å². The Kier molecular flexibility index (Phi) is 3.56. The van der Waals surface area contributed by atoms with Crippen molar-refractivity contribution in [3.8, 4) is 0 Å². The van der Waals surface area contributed by atoms with Gasteiger partial charge in [-0.3, -0.25) is 0 Å². The minimum atomic E-state index is 0.667. The number of nitrogens with zero attached hydrogens (tertiary/aromatic N) is 1. The van der Waals surface area contributed by atoms with Gasteiger partial charge in [0.15, 0.2) is 0 Å². The fourth-order valence-electron chi connectivity index (χ4n) is 3.53. The van der Waals surface area contributed by atoms with E-state index in [0.717, 1.165) is 24.0 Å². The smallest absolute Gasteiger partial charge is 0.137 e. The second kappa shape index (κ2) is 5.33. The number of H-pyrrole nitrogens is 1. The van der Waals surface area contributed by atoms with Crippen LogP contribution in [-0.4, -0.2) is 16.0 Å². The van der Waals surface area contributed by atoms with Crippen LogP contribution in [0.15, 0.2) is 24.5 Å². The maximum Gasteiger partial charge on any atom is 0.137 e. The number of pyridine rings is 1.